The summed E-state index contributed by atoms with van der Waals surface area (Å²) < 4.78 is 10.5. The Hall–Kier alpha value is -1.50. The van der Waals surface area contributed by atoms with Crippen molar-refractivity contribution in [2.45, 2.75) is 13.0 Å². The Bertz CT molecular complexity index is 577. The van der Waals surface area contributed by atoms with Crippen molar-refractivity contribution in [3.05, 3.63) is 28.2 Å². The van der Waals surface area contributed by atoms with Gasteiger partial charge in [-0.3, -0.25) is 9.59 Å². The highest BCUT2D eigenvalue weighted by atomic mass is 35.5. The molecule has 1 aliphatic rings. The molecule has 0 radical (unpaired) electrons. The molecule has 0 spiro atoms. The lowest BCUT2D eigenvalue weighted by atomic mass is 10.2. The fourth-order valence-corrected chi connectivity index (χ4v) is 2.47. The molecule has 0 aromatic heterocycles. The lowest BCUT2D eigenvalue weighted by Crippen LogP contribution is -2.51. The van der Waals surface area contributed by atoms with Gasteiger partial charge in [-0.15, -0.1) is 0 Å². The highest BCUT2D eigenvalue weighted by Crippen LogP contribution is 2.27. The minimum Gasteiger partial charge on any atom is -0.482 e. The number of hydrogen-bond acceptors (Lipinski definition) is 4. The highest BCUT2D eigenvalue weighted by Gasteiger charge is 2.23. The van der Waals surface area contributed by atoms with Crippen LogP contribution in [0, 0.1) is 0 Å². The topological polar surface area (TPSA) is 67.9 Å². The number of morpholine rings is 1. The SMILES string of the molecule is CC(NC(=O)COc1cc(Cl)ccc1Cl)C(=O)N1CCOCC1. The third-order valence-corrected chi connectivity index (χ3v) is 3.87. The first-order chi connectivity index (χ1) is 11.0. The van der Waals surface area contributed by atoms with Gasteiger partial charge in [0, 0.05) is 24.2 Å². The lowest BCUT2D eigenvalue weighted by Gasteiger charge is -2.29. The second-order valence-corrected chi connectivity index (χ2v) is 5.93. The Morgan fingerprint density at radius 1 is 1.35 bits per heavy atom. The summed E-state index contributed by atoms with van der Waals surface area (Å²) in [6, 6.07) is 4.11. The van der Waals surface area contributed by atoms with Gasteiger partial charge in [0.25, 0.3) is 5.91 Å². The maximum absolute atomic E-state index is 12.2. The van der Waals surface area contributed by atoms with E-state index in [1.54, 1.807) is 24.0 Å². The molecule has 1 heterocycles. The molecule has 1 saturated heterocycles. The van der Waals surface area contributed by atoms with Crippen LogP contribution in [0.1, 0.15) is 6.92 Å². The standard InChI is InChI=1S/C15H18Cl2N2O4/c1-10(15(21)19-4-6-22-7-5-19)18-14(20)9-23-13-8-11(16)2-3-12(13)17/h2-3,8,10H,4-7,9H2,1H3,(H,18,20). The molecular formula is C15H18Cl2N2O4. The van der Waals surface area contributed by atoms with Gasteiger partial charge in [0.2, 0.25) is 5.91 Å². The van der Waals surface area contributed by atoms with E-state index in [1.807, 2.05) is 0 Å². The average Bonchev–Trinajstić information content (AvgIpc) is 2.55. The smallest absolute Gasteiger partial charge is 0.258 e. The number of nitrogens with one attached hydrogen (secondary N) is 1. The number of nitrogens with zero attached hydrogens (tertiary/aromatic N) is 1. The monoisotopic (exact) mass is 360 g/mol. The Balaban J connectivity index is 1.81. The Morgan fingerprint density at radius 3 is 2.74 bits per heavy atom. The van der Waals surface area contributed by atoms with Gasteiger partial charge < -0.3 is 19.7 Å². The predicted octanol–water partition coefficient (Wildman–Crippen LogP) is 1.74. The van der Waals surface area contributed by atoms with Crippen LogP contribution in [0.4, 0.5) is 0 Å². The predicted molar refractivity (Wildman–Crippen MR) is 87.0 cm³/mol. The molecule has 1 atom stereocenters. The third kappa shape index (κ3) is 5.27. The number of amides is 2. The van der Waals surface area contributed by atoms with E-state index in [2.05, 4.69) is 5.32 Å². The van der Waals surface area contributed by atoms with E-state index in [4.69, 9.17) is 32.7 Å². The van der Waals surface area contributed by atoms with Crippen molar-refractivity contribution >= 4 is 35.0 Å². The van der Waals surface area contributed by atoms with E-state index in [-0.39, 0.29) is 12.5 Å². The molecule has 6 nitrogen and oxygen atoms in total. The highest BCUT2D eigenvalue weighted by molar-refractivity contribution is 6.34. The van der Waals surface area contributed by atoms with Gasteiger partial charge in [-0.25, -0.2) is 0 Å². The van der Waals surface area contributed by atoms with Crippen LogP contribution in [0.5, 0.6) is 5.75 Å². The first kappa shape index (κ1) is 17.8. The number of hydrogen-bond donors (Lipinski definition) is 1. The number of rotatable bonds is 5. The summed E-state index contributed by atoms with van der Waals surface area (Å²) in [4.78, 5) is 25.8. The van der Waals surface area contributed by atoms with E-state index < -0.39 is 11.9 Å². The molecule has 126 valence electrons. The fraction of sp³-hybridized carbons (Fsp3) is 0.467. The summed E-state index contributed by atoms with van der Waals surface area (Å²) >= 11 is 11.8. The summed E-state index contributed by atoms with van der Waals surface area (Å²) in [7, 11) is 0. The molecule has 0 saturated carbocycles. The lowest BCUT2D eigenvalue weighted by molar-refractivity contribution is -0.139. The van der Waals surface area contributed by atoms with Crippen molar-refractivity contribution in [1.82, 2.24) is 10.2 Å². The number of halogens is 2. The van der Waals surface area contributed by atoms with Gasteiger partial charge in [0.15, 0.2) is 6.61 Å². The minimum absolute atomic E-state index is 0.137. The molecule has 1 aromatic carbocycles. The molecule has 1 N–H and O–H groups in total. The van der Waals surface area contributed by atoms with Crippen molar-refractivity contribution < 1.29 is 19.1 Å². The molecule has 1 fully saturated rings. The summed E-state index contributed by atoms with van der Waals surface area (Å²) in [5.41, 5.74) is 0. The molecule has 2 amide bonds. The molecule has 8 heteroatoms. The Morgan fingerprint density at radius 2 is 2.04 bits per heavy atom. The average molecular weight is 361 g/mol. The van der Waals surface area contributed by atoms with Crippen molar-refractivity contribution in [3.8, 4) is 5.75 Å². The second-order valence-electron chi connectivity index (χ2n) is 5.09. The van der Waals surface area contributed by atoms with Crippen molar-refractivity contribution in [2.24, 2.45) is 0 Å². The number of benzene rings is 1. The van der Waals surface area contributed by atoms with E-state index in [0.29, 0.717) is 42.1 Å². The van der Waals surface area contributed by atoms with E-state index in [1.165, 1.54) is 6.07 Å². The van der Waals surface area contributed by atoms with Crippen molar-refractivity contribution in [2.75, 3.05) is 32.9 Å². The zero-order valence-corrected chi connectivity index (χ0v) is 14.2. The summed E-state index contributed by atoms with van der Waals surface area (Å²) in [6.45, 7) is 3.50. The molecule has 1 aromatic rings. The quantitative estimate of drug-likeness (QED) is 0.868. The van der Waals surface area contributed by atoms with E-state index in [9.17, 15) is 9.59 Å². The number of ether oxygens (including phenoxy) is 2. The zero-order valence-electron chi connectivity index (χ0n) is 12.7. The Labute approximate surface area is 144 Å². The number of carbonyl (C=O) groups excluding carboxylic acids is 2. The van der Waals surface area contributed by atoms with Gasteiger partial charge in [-0.1, -0.05) is 23.2 Å². The third-order valence-electron chi connectivity index (χ3n) is 3.32. The summed E-state index contributed by atoms with van der Waals surface area (Å²) in [5.74, 6) is -0.223. The zero-order chi connectivity index (χ0) is 16.8. The van der Waals surface area contributed by atoms with Crippen LogP contribution < -0.4 is 10.1 Å². The molecule has 0 aliphatic carbocycles. The summed E-state index contributed by atoms with van der Waals surface area (Å²) in [6.07, 6.45) is 0. The molecule has 0 bridgehead atoms. The van der Waals surface area contributed by atoms with Gasteiger partial charge in [-0.05, 0) is 19.1 Å². The van der Waals surface area contributed by atoms with Gasteiger partial charge in [0.05, 0.1) is 18.2 Å². The summed E-state index contributed by atoms with van der Waals surface area (Å²) in [5, 5.41) is 3.43. The van der Waals surface area contributed by atoms with Crippen LogP contribution in [-0.4, -0.2) is 55.7 Å². The van der Waals surface area contributed by atoms with Crippen LogP contribution >= 0.6 is 23.2 Å². The first-order valence-corrected chi connectivity index (χ1v) is 7.96. The van der Waals surface area contributed by atoms with Gasteiger partial charge in [-0.2, -0.15) is 0 Å². The van der Waals surface area contributed by atoms with Crippen LogP contribution in [0.15, 0.2) is 18.2 Å². The molecule has 1 unspecified atom stereocenters. The van der Waals surface area contributed by atoms with Crippen molar-refractivity contribution in [1.29, 1.82) is 0 Å². The van der Waals surface area contributed by atoms with E-state index in [0.717, 1.165) is 0 Å². The van der Waals surface area contributed by atoms with Crippen LogP contribution in [0.25, 0.3) is 0 Å². The Kier molecular flexibility index (Phi) is 6.50. The largest absolute Gasteiger partial charge is 0.482 e. The fourth-order valence-electron chi connectivity index (χ4n) is 2.13. The molecular weight excluding hydrogens is 343 g/mol. The maximum Gasteiger partial charge on any atom is 0.258 e. The van der Waals surface area contributed by atoms with Crippen LogP contribution in [0.3, 0.4) is 0 Å². The normalized spacial score (nSPS) is 15.9. The van der Waals surface area contributed by atoms with Gasteiger partial charge in [0.1, 0.15) is 11.8 Å². The first-order valence-electron chi connectivity index (χ1n) is 7.21. The van der Waals surface area contributed by atoms with Crippen LogP contribution in [0.2, 0.25) is 10.0 Å². The maximum atomic E-state index is 12.2. The second kappa shape index (κ2) is 8.38. The number of carbonyl (C=O) groups is 2. The molecule has 1 aliphatic heterocycles. The van der Waals surface area contributed by atoms with E-state index >= 15 is 0 Å². The van der Waals surface area contributed by atoms with Gasteiger partial charge >= 0.3 is 0 Å². The van der Waals surface area contributed by atoms with Crippen molar-refractivity contribution in [3.63, 3.8) is 0 Å². The molecule has 2 rings (SSSR count). The molecule has 23 heavy (non-hydrogen) atoms. The minimum atomic E-state index is -0.626. The van der Waals surface area contributed by atoms with Crippen LogP contribution in [-0.2, 0) is 14.3 Å².